The fourth-order valence-electron chi connectivity index (χ4n) is 2.92. The third-order valence-corrected chi connectivity index (χ3v) is 4.43. The van der Waals surface area contributed by atoms with E-state index in [9.17, 15) is 4.79 Å². The summed E-state index contributed by atoms with van der Waals surface area (Å²) < 4.78 is 0. The standard InChI is InChI=1S/C13H25N5O2/c1-17-9-5-13(6-10-17,11(14)16-20)15-12(19)18-7-3-2-4-8-18/h20H,2-10H2,1H3,(H2,14,16)(H,15,19). The molecular weight excluding hydrogens is 258 g/mol. The van der Waals surface area contributed by atoms with Gasteiger partial charge in [-0.05, 0) is 39.2 Å². The summed E-state index contributed by atoms with van der Waals surface area (Å²) in [5, 5.41) is 15.2. The van der Waals surface area contributed by atoms with Crippen molar-refractivity contribution < 1.29 is 10.0 Å². The average Bonchev–Trinajstić information content (AvgIpc) is 2.49. The number of amides is 2. The predicted molar refractivity (Wildman–Crippen MR) is 76.8 cm³/mol. The van der Waals surface area contributed by atoms with Gasteiger partial charge in [0.2, 0.25) is 0 Å². The van der Waals surface area contributed by atoms with Gasteiger partial charge >= 0.3 is 6.03 Å². The van der Waals surface area contributed by atoms with Crippen LogP contribution in [0.5, 0.6) is 0 Å². The highest BCUT2D eigenvalue weighted by Gasteiger charge is 2.40. The van der Waals surface area contributed by atoms with Gasteiger partial charge in [0, 0.05) is 26.2 Å². The number of oxime groups is 1. The van der Waals surface area contributed by atoms with Crippen LogP contribution in [0.15, 0.2) is 5.16 Å². The monoisotopic (exact) mass is 283 g/mol. The second kappa shape index (κ2) is 6.30. The zero-order valence-electron chi connectivity index (χ0n) is 12.1. The molecule has 0 aromatic rings. The molecule has 0 aliphatic carbocycles. The molecule has 0 spiro atoms. The maximum atomic E-state index is 12.4. The summed E-state index contributed by atoms with van der Waals surface area (Å²) in [5.41, 5.74) is 5.14. The smallest absolute Gasteiger partial charge is 0.318 e. The normalized spacial score (nSPS) is 24.4. The van der Waals surface area contributed by atoms with Crippen molar-refractivity contribution in [3.8, 4) is 0 Å². The number of amidine groups is 1. The quantitative estimate of drug-likeness (QED) is 0.296. The van der Waals surface area contributed by atoms with Crippen LogP contribution < -0.4 is 11.1 Å². The highest BCUT2D eigenvalue weighted by atomic mass is 16.4. The molecule has 2 aliphatic heterocycles. The summed E-state index contributed by atoms with van der Waals surface area (Å²) in [4.78, 5) is 16.4. The zero-order chi connectivity index (χ0) is 14.6. The molecule has 2 heterocycles. The third-order valence-electron chi connectivity index (χ3n) is 4.43. The van der Waals surface area contributed by atoms with Gasteiger partial charge in [-0.2, -0.15) is 0 Å². The highest BCUT2D eigenvalue weighted by Crippen LogP contribution is 2.23. The maximum absolute atomic E-state index is 12.4. The van der Waals surface area contributed by atoms with Crippen LogP contribution in [0.2, 0.25) is 0 Å². The Morgan fingerprint density at radius 2 is 1.80 bits per heavy atom. The maximum Gasteiger partial charge on any atom is 0.318 e. The van der Waals surface area contributed by atoms with Crippen molar-refractivity contribution in [1.29, 1.82) is 0 Å². The number of piperidine rings is 2. The lowest BCUT2D eigenvalue weighted by Gasteiger charge is -2.41. The van der Waals surface area contributed by atoms with E-state index in [-0.39, 0.29) is 11.9 Å². The molecule has 2 aliphatic rings. The molecule has 2 amide bonds. The van der Waals surface area contributed by atoms with E-state index >= 15 is 0 Å². The van der Waals surface area contributed by atoms with Gasteiger partial charge in [-0.1, -0.05) is 5.16 Å². The van der Waals surface area contributed by atoms with E-state index < -0.39 is 5.54 Å². The molecule has 2 rings (SSSR count). The number of likely N-dealkylation sites (tertiary alicyclic amines) is 2. The van der Waals surface area contributed by atoms with Crippen LogP contribution in [0.1, 0.15) is 32.1 Å². The van der Waals surface area contributed by atoms with Crippen LogP contribution in [0.4, 0.5) is 4.79 Å². The second-order valence-electron chi connectivity index (χ2n) is 5.85. The predicted octanol–water partition coefficient (Wildman–Crippen LogP) is 0.393. The van der Waals surface area contributed by atoms with Gasteiger partial charge in [-0.15, -0.1) is 0 Å². The Labute approximate surface area is 119 Å². The van der Waals surface area contributed by atoms with E-state index in [4.69, 9.17) is 10.9 Å². The summed E-state index contributed by atoms with van der Waals surface area (Å²) in [6.07, 6.45) is 4.61. The Balaban J connectivity index is 2.06. The fourth-order valence-corrected chi connectivity index (χ4v) is 2.92. The zero-order valence-corrected chi connectivity index (χ0v) is 12.1. The van der Waals surface area contributed by atoms with Gasteiger partial charge in [-0.3, -0.25) is 0 Å². The van der Waals surface area contributed by atoms with E-state index in [1.165, 1.54) is 6.42 Å². The van der Waals surface area contributed by atoms with E-state index in [1.54, 1.807) is 0 Å². The lowest BCUT2D eigenvalue weighted by atomic mass is 9.86. The van der Waals surface area contributed by atoms with Crippen LogP contribution in [-0.4, -0.2) is 65.6 Å². The number of carbonyl (C=O) groups is 1. The number of rotatable bonds is 2. The molecule has 0 aromatic heterocycles. The molecule has 0 radical (unpaired) electrons. The van der Waals surface area contributed by atoms with Gasteiger partial charge in [0.15, 0.2) is 5.84 Å². The number of nitrogens with two attached hydrogens (primary N) is 1. The minimum atomic E-state index is -0.713. The van der Waals surface area contributed by atoms with Gasteiger partial charge in [0.1, 0.15) is 5.54 Å². The lowest BCUT2D eigenvalue weighted by Crippen LogP contribution is -2.64. The van der Waals surface area contributed by atoms with E-state index in [0.717, 1.165) is 39.0 Å². The van der Waals surface area contributed by atoms with Crippen molar-refractivity contribution in [2.45, 2.75) is 37.6 Å². The molecule has 20 heavy (non-hydrogen) atoms. The number of hydrogen-bond acceptors (Lipinski definition) is 4. The van der Waals surface area contributed by atoms with Crippen LogP contribution in [0.3, 0.4) is 0 Å². The van der Waals surface area contributed by atoms with Crippen LogP contribution in [-0.2, 0) is 0 Å². The highest BCUT2D eigenvalue weighted by molar-refractivity contribution is 5.93. The Bertz CT molecular complexity index is 371. The molecule has 0 aromatic carbocycles. The first-order chi connectivity index (χ1) is 9.57. The van der Waals surface area contributed by atoms with Gasteiger partial charge in [0.25, 0.3) is 0 Å². The summed E-state index contributed by atoms with van der Waals surface area (Å²) >= 11 is 0. The molecule has 2 saturated heterocycles. The third kappa shape index (κ3) is 3.15. The van der Waals surface area contributed by atoms with Crippen LogP contribution >= 0.6 is 0 Å². The minimum absolute atomic E-state index is 0.0964. The van der Waals surface area contributed by atoms with Crippen molar-refractivity contribution in [2.24, 2.45) is 10.9 Å². The molecular formula is C13H25N5O2. The van der Waals surface area contributed by atoms with Crippen molar-refractivity contribution in [1.82, 2.24) is 15.1 Å². The van der Waals surface area contributed by atoms with E-state index in [1.807, 2.05) is 11.9 Å². The fraction of sp³-hybridized carbons (Fsp3) is 0.846. The summed E-state index contributed by atoms with van der Waals surface area (Å²) in [6.45, 7) is 3.21. The Kier molecular flexibility index (Phi) is 4.69. The largest absolute Gasteiger partial charge is 0.409 e. The van der Waals surface area contributed by atoms with Crippen molar-refractivity contribution >= 4 is 11.9 Å². The SMILES string of the molecule is CN1CCC(NC(=O)N2CCCCC2)(C(N)=NO)CC1. The molecule has 0 saturated carbocycles. The van der Waals surface area contributed by atoms with E-state index in [0.29, 0.717) is 12.8 Å². The molecule has 0 atom stereocenters. The lowest BCUT2D eigenvalue weighted by molar-refractivity contribution is 0.158. The topological polar surface area (TPSA) is 94.2 Å². The summed E-state index contributed by atoms with van der Waals surface area (Å²) in [7, 11) is 2.03. The number of carbonyl (C=O) groups excluding carboxylic acids is 1. The molecule has 7 nitrogen and oxygen atoms in total. The van der Waals surface area contributed by atoms with Crippen LogP contribution in [0.25, 0.3) is 0 Å². The molecule has 7 heteroatoms. The van der Waals surface area contributed by atoms with Gasteiger partial charge in [-0.25, -0.2) is 4.79 Å². The Hall–Kier alpha value is -1.50. The molecule has 0 unspecified atom stereocenters. The number of nitrogens with one attached hydrogen (secondary N) is 1. The minimum Gasteiger partial charge on any atom is -0.409 e. The first-order valence-electron chi connectivity index (χ1n) is 7.31. The number of urea groups is 1. The van der Waals surface area contributed by atoms with Crippen LogP contribution in [0, 0.1) is 0 Å². The second-order valence-corrected chi connectivity index (χ2v) is 5.85. The molecule has 2 fully saturated rings. The van der Waals surface area contributed by atoms with Crippen molar-refractivity contribution in [2.75, 3.05) is 33.2 Å². The van der Waals surface area contributed by atoms with Gasteiger partial charge in [0.05, 0.1) is 0 Å². The first-order valence-corrected chi connectivity index (χ1v) is 7.31. The van der Waals surface area contributed by atoms with Crippen molar-refractivity contribution in [3.63, 3.8) is 0 Å². The van der Waals surface area contributed by atoms with E-state index in [2.05, 4.69) is 15.4 Å². The molecule has 0 bridgehead atoms. The van der Waals surface area contributed by atoms with Crippen molar-refractivity contribution in [3.05, 3.63) is 0 Å². The first kappa shape index (κ1) is 14.9. The summed E-state index contributed by atoms with van der Waals surface area (Å²) in [5.74, 6) is 0.107. The molecule has 114 valence electrons. The summed E-state index contributed by atoms with van der Waals surface area (Å²) in [6, 6.07) is -0.0964. The average molecular weight is 283 g/mol. The number of nitrogens with zero attached hydrogens (tertiary/aromatic N) is 3. The Morgan fingerprint density at radius 3 is 2.35 bits per heavy atom. The Morgan fingerprint density at radius 1 is 1.20 bits per heavy atom. The number of hydrogen-bond donors (Lipinski definition) is 3. The molecule has 4 N–H and O–H groups in total. The van der Waals surface area contributed by atoms with Gasteiger partial charge < -0.3 is 26.1 Å².